The van der Waals surface area contributed by atoms with Crippen LogP contribution in [0.1, 0.15) is 176 Å². The first-order valence-electron chi connectivity index (χ1n) is 18.3. The smallest absolute Gasteiger partial charge is 0.165 e. The monoisotopic (exact) mass is 638 g/mol. The molecule has 0 fully saturated rings. The highest BCUT2D eigenvalue weighted by Crippen LogP contribution is 2.46. The maximum Gasteiger partial charge on any atom is 0.165 e. The predicted molar refractivity (Wildman–Crippen MR) is 190 cm³/mol. The zero-order chi connectivity index (χ0) is 33.6. The SMILES string of the molecule is CCCCCCCCCCCCC(=O)c1cc(OC)c(O)c(-c2cc(C(=O)CCCCCCCCCCCC)cc(OC)c2O)c1. The number of phenols is 2. The normalized spacial score (nSPS) is 11.1. The van der Waals surface area contributed by atoms with Crippen LogP contribution in [0.4, 0.5) is 0 Å². The van der Waals surface area contributed by atoms with Gasteiger partial charge in [0, 0.05) is 35.1 Å². The van der Waals surface area contributed by atoms with E-state index in [2.05, 4.69) is 13.8 Å². The van der Waals surface area contributed by atoms with Crippen molar-refractivity contribution in [3.8, 4) is 34.1 Å². The number of hydrogen-bond donors (Lipinski definition) is 2. The third-order valence-electron chi connectivity index (χ3n) is 9.04. The van der Waals surface area contributed by atoms with Crippen molar-refractivity contribution in [3.05, 3.63) is 35.4 Å². The molecule has 0 radical (unpaired) electrons. The van der Waals surface area contributed by atoms with Crippen LogP contribution < -0.4 is 9.47 Å². The van der Waals surface area contributed by atoms with Crippen LogP contribution in [0.15, 0.2) is 24.3 Å². The molecule has 0 spiro atoms. The number of carbonyl (C=O) groups excluding carboxylic acids is 2. The van der Waals surface area contributed by atoms with Crippen LogP contribution in [0, 0.1) is 0 Å². The first-order valence-corrected chi connectivity index (χ1v) is 18.3. The van der Waals surface area contributed by atoms with Gasteiger partial charge in [0.1, 0.15) is 0 Å². The van der Waals surface area contributed by atoms with Gasteiger partial charge < -0.3 is 19.7 Å². The van der Waals surface area contributed by atoms with Crippen LogP contribution in [0.5, 0.6) is 23.0 Å². The Balaban J connectivity index is 2.03. The van der Waals surface area contributed by atoms with Crippen molar-refractivity contribution in [2.45, 2.75) is 155 Å². The van der Waals surface area contributed by atoms with Gasteiger partial charge in [-0.3, -0.25) is 9.59 Å². The molecule has 6 heteroatoms. The average Bonchev–Trinajstić information content (AvgIpc) is 3.06. The maximum atomic E-state index is 13.2. The first-order chi connectivity index (χ1) is 22.4. The van der Waals surface area contributed by atoms with E-state index in [4.69, 9.17) is 9.47 Å². The standard InChI is InChI=1S/C40H62O6/c1-5-7-9-11-13-15-17-19-21-23-25-35(41)31-27-33(39(43)37(29-31)45-3)34-28-32(30-38(46-4)40(34)44)36(42)26-24-22-20-18-16-14-12-10-8-6-2/h27-30,43-44H,5-26H2,1-4H3. The van der Waals surface area contributed by atoms with Gasteiger partial charge in [-0.05, 0) is 37.1 Å². The lowest BCUT2D eigenvalue weighted by atomic mass is 9.93. The van der Waals surface area contributed by atoms with E-state index in [-0.39, 0.29) is 45.7 Å². The van der Waals surface area contributed by atoms with Gasteiger partial charge >= 0.3 is 0 Å². The average molecular weight is 639 g/mol. The van der Waals surface area contributed by atoms with Gasteiger partial charge in [0.25, 0.3) is 0 Å². The van der Waals surface area contributed by atoms with Gasteiger partial charge in [-0.15, -0.1) is 0 Å². The Morgan fingerprint density at radius 3 is 1.04 bits per heavy atom. The highest BCUT2D eigenvalue weighted by atomic mass is 16.5. The number of benzene rings is 2. The van der Waals surface area contributed by atoms with Crippen LogP contribution in [0.25, 0.3) is 11.1 Å². The predicted octanol–water partition coefficient (Wildman–Crippen LogP) is 11.8. The molecule has 0 atom stereocenters. The molecule has 0 aliphatic rings. The molecule has 0 bridgehead atoms. The molecule has 0 unspecified atom stereocenters. The van der Waals surface area contributed by atoms with Crippen LogP contribution in [0.3, 0.4) is 0 Å². The number of carbonyl (C=O) groups is 2. The minimum absolute atomic E-state index is 0.0428. The summed E-state index contributed by atoms with van der Waals surface area (Å²) in [6.45, 7) is 4.47. The van der Waals surface area contributed by atoms with E-state index in [9.17, 15) is 19.8 Å². The number of aromatic hydroxyl groups is 2. The summed E-state index contributed by atoms with van der Waals surface area (Å²) < 4.78 is 10.8. The minimum atomic E-state index is -0.199. The van der Waals surface area contributed by atoms with Gasteiger partial charge in [-0.1, -0.05) is 129 Å². The third-order valence-corrected chi connectivity index (χ3v) is 9.04. The second kappa shape index (κ2) is 23.3. The number of rotatable bonds is 27. The Kier molecular flexibility index (Phi) is 19.9. The Labute approximate surface area is 279 Å². The number of ether oxygens (including phenoxy) is 2. The Bertz CT molecular complexity index is 1080. The minimum Gasteiger partial charge on any atom is -0.504 e. The van der Waals surface area contributed by atoms with E-state index in [1.165, 1.54) is 104 Å². The Morgan fingerprint density at radius 2 is 0.761 bits per heavy atom. The molecule has 2 rings (SSSR count). The largest absolute Gasteiger partial charge is 0.504 e. The molecular weight excluding hydrogens is 576 g/mol. The van der Waals surface area contributed by atoms with Crippen molar-refractivity contribution >= 4 is 11.6 Å². The molecule has 0 saturated heterocycles. The van der Waals surface area contributed by atoms with Crippen molar-refractivity contribution in [1.82, 2.24) is 0 Å². The summed E-state index contributed by atoms with van der Waals surface area (Å²) in [6, 6.07) is 6.26. The van der Waals surface area contributed by atoms with E-state index >= 15 is 0 Å². The van der Waals surface area contributed by atoms with Gasteiger partial charge in [0.2, 0.25) is 0 Å². The lowest BCUT2D eigenvalue weighted by molar-refractivity contribution is 0.0970. The molecule has 0 saturated carbocycles. The molecule has 258 valence electrons. The van der Waals surface area contributed by atoms with E-state index in [0.717, 1.165) is 38.5 Å². The molecule has 2 N–H and O–H groups in total. The quantitative estimate of drug-likeness (QED) is 0.0747. The summed E-state index contributed by atoms with van der Waals surface area (Å²) in [6.07, 6.45) is 24.6. The number of Topliss-reactive ketones (excluding diaryl/α,β-unsaturated/α-hetero) is 2. The van der Waals surface area contributed by atoms with Gasteiger partial charge in [0.05, 0.1) is 14.2 Å². The fraction of sp³-hybridized carbons (Fsp3) is 0.650. The van der Waals surface area contributed by atoms with Gasteiger partial charge in [-0.25, -0.2) is 0 Å². The summed E-state index contributed by atoms with van der Waals surface area (Å²) in [5.74, 6) is -0.199. The lowest BCUT2D eigenvalue weighted by Crippen LogP contribution is -2.03. The molecule has 46 heavy (non-hydrogen) atoms. The molecule has 2 aromatic carbocycles. The highest BCUT2D eigenvalue weighted by Gasteiger charge is 2.22. The molecule has 6 nitrogen and oxygen atoms in total. The summed E-state index contributed by atoms with van der Waals surface area (Å²) in [5.41, 5.74) is 1.27. The fourth-order valence-corrected chi connectivity index (χ4v) is 6.09. The summed E-state index contributed by atoms with van der Waals surface area (Å²) in [7, 11) is 2.87. The molecule has 0 heterocycles. The number of ketones is 2. The molecular formula is C40H62O6. The van der Waals surface area contributed by atoms with Gasteiger partial charge in [0.15, 0.2) is 34.6 Å². The van der Waals surface area contributed by atoms with E-state index < -0.39 is 0 Å². The Hall–Kier alpha value is -3.02. The maximum absolute atomic E-state index is 13.2. The summed E-state index contributed by atoms with van der Waals surface area (Å²) in [5, 5.41) is 22.1. The second-order valence-corrected chi connectivity index (χ2v) is 12.9. The van der Waals surface area contributed by atoms with E-state index in [0.29, 0.717) is 24.0 Å². The van der Waals surface area contributed by atoms with Crippen LogP contribution >= 0.6 is 0 Å². The van der Waals surface area contributed by atoms with Gasteiger partial charge in [-0.2, -0.15) is 0 Å². The number of phenolic OH excluding ortho intramolecular Hbond substituents is 2. The van der Waals surface area contributed by atoms with Crippen LogP contribution in [-0.4, -0.2) is 36.0 Å². The van der Waals surface area contributed by atoms with Crippen LogP contribution in [0.2, 0.25) is 0 Å². The van der Waals surface area contributed by atoms with Crippen molar-refractivity contribution in [2.24, 2.45) is 0 Å². The molecule has 0 aliphatic heterocycles. The molecule has 0 aliphatic carbocycles. The lowest BCUT2D eigenvalue weighted by Gasteiger charge is -2.16. The number of methoxy groups -OCH3 is 2. The zero-order valence-electron chi connectivity index (χ0n) is 29.4. The Morgan fingerprint density at radius 1 is 0.478 bits per heavy atom. The number of unbranched alkanes of at least 4 members (excludes halogenated alkanes) is 18. The molecule has 0 amide bonds. The van der Waals surface area contributed by atoms with Crippen LogP contribution in [-0.2, 0) is 0 Å². The van der Waals surface area contributed by atoms with Crippen molar-refractivity contribution in [1.29, 1.82) is 0 Å². The van der Waals surface area contributed by atoms with Crippen molar-refractivity contribution in [3.63, 3.8) is 0 Å². The third kappa shape index (κ3) is 13.8. The second-order valence-electron chi connectivity index (χ2n) is 12.9. The summed E-state index contributed by atoms with van der Waals surface area (Å²) >= 11 is 0. The highest BCUT2D eigenvalue weighted by molar-refractivity contribution is 6.01. The summed E-state index contributed by atoms with van der Waals surface area (Å²) in [4.78, 5) is 26.4. The molecule has 0 aromatic heterocycles. The molecule has 2 aromatic rings. The first kappa shape index (κ1) is 39.2. The van der Waals surface area contributed by atoms with E-state index in [1.807, 2.05) is 0 Å². The zero-order valence-corrected chi connectivity index (χ0v) is 29.4. The topological polar surface area (TPSA) is 93.1 Å². The van der Waals surface area contributed by atoms with Crippen molar-refractivity contribution in [2.75, 3.05) is 14.2 Å². The fourth-order valence-electron chi connectivity index (χ4n) is 6.09. The van der Waals surface area contributed by atoms with Crippen molar-refractivity contribution < 1.29 is 29.3 Å². The van der Waals surface area contributed by atoms with E-state index in [1.54, 1.807) is 24.3 Å². The number of hydrogen-bond acceptors (Lipinski definition) is 6.